The molecule has 0 radical (unpaired) electrons. The monoisotopic (exact) mass is 337 g/mol. The quantitative estimate of drug-likeness (QED) is 0.498. The Labute approximate surface area is 189 Å². The molecule has 114 valence electrons. The summed E-state index contributed by atoms with van der Waals surface area (Å²) in [6, 6.07) is 27.5. The van der Waals surface area contributed by atoms with Crippen molar-refractivity contribution in [2.24, 2.45) is 0 Å². The minimum atomic E-state index is 0. The molecule has 0 amide bonds. The second-order valence-corrected chi connectivity index (χ2v) is 6.44. The van der Waals surface area contributed by atoms with E-state index in [-0.39, 0.29) is 51.4 Å². The van der Waals surface area contributed by atoms with Gasteiger partial charge in [0.1, 0.15) is 0 Å². The molecule has 0 bridgehead atoms. The van der Waals surface area contributed by atoms with E-state index in [2.05, 4.69) is 67.6 Å². The molecule has 24 heavy (non-hydrogen) atoms. The molecular weight excluding hydrogens is 315 g/mol. The maximum Gasteiger partial charge on any atom is 1.00 e. The summed E-state index contributed by atoms with van der Waals surface area (Å²) in [4.78, 5) is 0. The van der Waals surface area contributed by atoms with Crippen molar-refractivity contribution in [1.29, 1.82) is 0 Å². The first-order valence-corrected chi connectivity index (χ1v) is 8.35. The fourth-order valence-corrected chi connectivity index (χ4v) is 3.93. The first kappa shape index (κ1) is 16.7. The van der Waals surface area contributed by atoms with E-state index in [0.717, 1.165) is 12.8 Å². The van der Waals surface area contributed by atoms with Crippen LogP contribution in [0.3, 0.4) is 0 Å². The average molecular weight is 338 g/mol. The van der Waals surface area contributed by atoms with Crippen LogP contribution in [0.2, 0.25) is 0 Å². The van der Waals surface area contributed by atoms with E-state index in [1.807, 2.05) is 12.1 Å². The third-order valence-corrected chi connectivity index (χ3v) is 4.98. The molecular formula is C23H21K. The molecule has 0 N–H and O–H groups in total. The molecule has 2 atom stereocenters. The second kappa shape index (κ2) is 8.12. The van der Waals surface area contributed by atoms with Crippen LogP contribution in [-0.2, 0) is 6.42 Å². The zero-order valence-electron chi connectivity index (χ0n) is 15.4. The first-order valence-electron chi connectivity index (χ1n) is 8.85. The summed E-state index contributed by atoms with van der Waals surface area (Å²) in [6.45, 7) is 2.12. The van der Waals surface area contributed by atoms with E-state index in [4.69, 9.17) is 1.37 Å². The summed E-state index contributed by atoms with van der Waals surface area (Å²) in [5.41, 5.74) is 6.69. The van der Waals surface area contributed by atoms with Crippen molar-refractivity contribution in [3.8, 4) is 0 Å². The van der Waals surface area contributed by atoms with Crippen LogP contribution in [0.4, 0.5) is 0 Å². The van der Waals surface area contributed by atoms with Gasteiger partial charge in [-0.25, -0.2) is 0 Å². The Hall–Kier alpha value is -0.704. The standard InChI is InChI=1S/C23H21.K/c1-17-12-14-22-20(16-17)13-15-21(18-8-4-2-5-9-18)23(22)19-10-6-3-7-11-19;/h2-12,14,21,23H,13,15H2,1H3;/q-1;+1/i3D;. The third-order valence-electron chi connectivity index (χ3n) is 4.98. The Balaban J connectivity index is 0.00000182. The van der Waals surface area contributed by atoms with Gasteiger partial charge in [0.2, 0.25) is 0 Å². The first-order chi connectivity index (χ1) is 11.7. The van der Waals surface area contributed by atoms with Crippen LogP contribution >= 0.6 is 0 Å². The minimum absolute atomic E-state index is 0. The van der Waals surface area contributed by atoms with Crippen LogP contribution in [-0.4, -0.2) is 0 Å². The third kappa shape index (κ3) is 3.61. The van der Waals surface area contributed by atoms with Gasteiger partial charge < -0.3 is 0 Å². The maximum absolute atomic E-state index is 7.79. The topological polar surface area (TPSA) is 0 Å². The largest absolute Gasteiger partial charge is 1.00 e. The zero-order valence-corrected chi connectivity index (χ0v) is 17.5. The summed E-state index contributed by atoms with van der Waals surface area (Å²) < 4.78 is 7.79. The van der Waals surface area contributed by atoms with Gasteiger partial charge in [-0.3, -0.25) is 0 Å². The van der Waals surface area contributed by atoms with Gasteiger partial charge in [0, 0.05) is 0 Å². The molecule has 0 spiro atoms. The average Bonchev–Trinajstić information content (AvgIpc) is 2.62. The van der Waals surface area contributed by atoms with Crippen LogP contribution in [0, 0.1) is 13.0 Å². The van der Waals surface area contributed by atoms with E-state index in [1.54, 1.807) is 0 Å². The SMILES string of the molecule is [2H]c1ccc(C2c3ccc(C)[c-]c3CCC2c2ccccc2)cc1.[K+]. The van der Waals surface area contributed by atoms with Gasteiger partial charge in [0.15, 0.2) is 0 Å². The zero-order chi connectivity index (χ0) is 16.5. The molecule has 3 aromatic carbocycles. The van der Waals surface area contributed by atoms with Crippen LogP contribution in [0.25, 0.3) is 0 Å². The molecule has 0 fully saturated rings. The molecule has 4 rings (SSSR count). The van der Waals surface area contributed by atoms with Crippen LogP contribution in [0.15, 0.2) is 72.8 Å². The minimum Gasteiger partial charge on any atom is -0.177 e. The van der Waals surface area contributed by atoms with Crippen molar-refractivity contribution in [2.45, 2.75) is 31.6 Å². The molecule has 0 saturated carbocycles. The number of rotatable bonds is 2. The smallest absolute Gasteiger partial charge is 0.177 e. The summed E-state index contributed by atoms with van der Waals surface area (Å²) in [5, 5.41) is 0. The van der Waals surface area contributed by atoms with Gasteiger partial charge in [-0.15, -0.1) is 5.56 Å². The number of aryl methyl sites for hydroxylation is 2. The Morgan fingerprint density at radius 2 is 1.62 bits per heavy atom. The molecule has 0 heterocycles. The maximum atomic E-state index is 7.79. The van der Waals surface area contributed by atoms with E-state index >= 15 is 0 Å². The summed E-state index contributed by atoms with van der Waals surface area (Å²) in [7, 11) is 0. The molecule has 0 nitrogen and oxygen atoms in total. The predicted octanol–water partition coefficient (Wildman–Crippen LogP) is 2.66. The van der Waals surface area contributed by atoms with E-state index in [0.29, 0.717) is 17.9 Å². The summed E-state index contributed by atoms with van der Waals surface area (Å²) in [6.07, 6.45) is 2.23. The molecule has 1 aliphatic rings. The Kier molecular flexibility index (Phi) is 5.66. The van der Waals surface area contributed by atoms with Crippen LogP contribution < -0.4 is 51.4 Å². The second-order valence-electron chi connectivity index (χ2n) is 6.44. The van der Waals surface area contributed by atoms with Crippen molar-refractivity contribution in [2.75, 3.05) is 0 Å². The summed E-state index contributed by atoms with van der Waals surface area (Å²) >= 11 is 0. The van der Waals surface area contributed by atoms with Gasteiger partial charge in [-0.05, 0) is 23.8 Å². The van der Waals surface area contributed by atoms with Crippen molar-refractivity contribution in [1.82, 2.24) is 0 Å². The molecule has 0 saturated heterocycles. The normalized spacial score (nSPS) is 19.8. The Morgan fingerprint density at radius 1 is 0.917 bits per heavy atom. The molecule has 3 aromatic rings. The van der Waals surface area contributed by atoms with Crippen molar-refractivity contribution in [3.05, 3.63) is 107 Å². The number of hydrogen-bond donors (Lipinski definition) is 0. The number of hydrogen-bond acceptors (Lipinski definition) is 0. The van der Waals surface area contributed by atoms with Crippen molar-refractivity contribution < 1.29 is 52.8 Å². The summed E-state index contributed by atoms with van der Waals surface area (Å²) in [5.74, 6) is 0.819. The Morgan fingerprint density at radius 3 is 2.38 bits per heavy atom. The van der Waals surface area contributed by atoms with Crippen LogP contribution in [0.5, 0.6) is 0 Å². The van der Waals surface area contributed by atoms with E-state index in [1.165, 1.54) is 27.8 Å². The number of fused-ring (bicyclic) bond motifs is 1. The van der Waals surface area contributed by atoms with Crippen molar-refractivity contribution >= 4 is 0 Å². The molecule has 2 unspecified atom stereocenters. The van der Waals surface area contributed by atoms with Gasteiger partial charge >= 0.3 is 51.4 Å². The van der Waals surface area contributed by atoms with Crippen molar-refractivity contribution in [3.63, 3.8) is 0 Å². The fourth-order valence-electron chi connectivity index (χ4n) is 3.93. The van der Waals surface area contributed by atoms with E-state index in [9.17, 15) is 0 Å². The van der Waals surface area contributed by atoms with Crippen LogP contribution in [0.1, 0.15) is 47.4 Å². The number of benzene rings is 3. The Bertz CT molecular complexity index is 840. The molecule has 1 heteroatoms. The predicted molar refractivity (Wildman–Crippen MR) is 95.8 cm³/mol. The molecule has 0 aromatic heterocycles. The van der Waals surface area contributed by atoms with Gasteiger partial charge in [0.25, 0.3) is 0 Å². The van der Waals surface area contributed by atoms with Gasteiger partial charge in [-0.2, -0.15) is 29.3 Å². The fraction of sp³-hybridized carbons (Fsp3) is 0.217. The van der Waals surface area contributed by atoms with E-state index < -0.39 is 0 Å². The van der Waals surface area contributed by atoms with Gasteiger partial charge in [0.05, 0.1) is 1.37 Å². The molecule has 0 aliphatic heterocycles. The van der Waals surface area contributed by atoms with Gasteiger partial charge in [-0.1, -0.05) is 79.5 Å². The molecule has 1 aliphatic carbocycles.